The van der Waals surface area contributed by atoms with Crippen molar-refractivity contribution < 1.29 is 14.6 Å². The second-order valence-electron chi connectivity index (χ2n) is 7.36. The van der Waals surface area contributed by atoms with Crippen LogP contribution in [0.5, 0.6) is 11.5 Å². The number of amides is 1. The van der Waals surface area contributed by atoms with Gasteiger partial charge in [0.1, 0.15) is 16.4 Å². The number of ether oxygens (including phenoxy) is 1. The molecule has 0 spiro atoms. The zero-order valence-corrected chi connectivity index (χ0v) is 17.9. The van der Waals surface area contributed by atoms with Gasteiger partial charge in [-0.2, -0.15) is 0 Å². The van der Waals surface area contributed by atoms with Crippen LogP contribution >= 0.6 is 11.8 Å². The van der Waals surface area contributed by atoms with E-state index in [2.05, 4.69) is 0 Å². The van der Waals surface area contributed by atoms with Crippen molar-refractivity contribution in [3.63, 3.8) is 0 Å². The lowest BCUT2D eigenvalue weighted by Crippen LogP contribution is -2.39. The Hall–Kier alpha value is -3.18. The molecule has 0 aromatic heterocycles. The van der Waals surface area contributed by atoms with Crippen LogP contribution in [0.4, 0.5) is 5.69 Å². The summed E-state index contributed by atoms with van der Waals surface area (Å²) < 4.78 is 5.30. The number of phenolic OH excluding ortho intramolecular Hbond substituents is 1. The molecule has 0 radical (unpaired) electrons. The molecule has 1 amide bonds. The zero-order chi connectivity index (χ0) is 21.3. The van der Waals surface area contributed by atoms with Crippen molar-refractivity contribution in [2.45, 2.75) is 18.7 Å². The van der Waals surface area contributed by atoms with E-state index in [1.165, 1.54) is 11.8 Å². The van der Waals surface area contributed by atoms with Crippen molar-refractivity contribution in [2.24, 2.45) is 0 Å². The second kappa shape index (κ2) is 7.92. The highest BCUT2D eigenvalue weighted by Crippen LogP contribution is 2.53. The van der Waals surface area contributed by atoms with Gasteiger partial charge in [-0.1, -0.05) is 59.8 Å². The second-order valence-corrected chi connectivity index (χ2v) is 8.80. The van der Waals surface area contributed by atoms with Crippen LogP contribution < -0.4 is 9.64 Å². The summed E-state index contributed by atoms with van der Waals surface area (Å²) in [5.74, 6) is 0.826. The molecule has 1 fully saturated rings. The van der Waals surface area contributed by atoms with Crippen molar-refractivity contribution in [1.29, 1.82) is 0 Å². The van der Waals surface area contributed by atoms with Gasteiger partial charge in [0, 0.05) is 11.3 Å². The number of para-hydroxylation sites is 1. The zero-order valence-electron chi connectivity index (χ0n) is 17.1. The third-order valence-corrected chi connectivity index (χ3v) is 6.62. The molecular formula is C25H23NO3S. The fourth-order valence-corrected chi connectivity index (χ4v) is 4.92. The molecule has 152 valence electrons. The number of phenols is 1. The molecule has 1 N–H and O–H groups in total. The van der Waals surface area contributed by atoms with Gasteiger partial charge in [-0.3, -0.25) is 9.69 Å². The van der Waals surface area contributed by atoms with Crippen molar-refractivity contribution >= 4 is 29.4 Å². The van der Waals surface area contributed by atoms with Gasteiger partial charge in [-0.05, 0) is 55.8 Å². The molecule has 1 unspecified atom stereocenters. The molecule has 4 nitrogen and oxygen atoms in total. The lowest BCUT2D eigenvalue weighted by Gasteiger charge is -2.34. The Morgan fingerprint density at radius 1 is 1.00 bits per heavy atom. The van der Waals surface area contributed by atoms with Crippen LogP contribution in [-0.4, -0.2) is 18.1 Å². The Labute approximate surface area is 180 Å². The maximum Gasteiger partial charge on any atom is 0.266 e. The molecule has 0 aliphatic carbocycles. The van der Waals surface area contributed by atoms with E-state index in [-0.39, 0.29) is 11.7 Å². The minimum Gasteiger partial charge on any atom is -0.507 e. The number of aryl methyl sites for hydroxylation is 1. The summed E-state index contributed by atoms with van der Waals surface area (Å²) in [5, 5.41) is 10.2. The number of hydrogen-bond donors (Lipinski definition) is 1. The molecule has 1 atom stereocenters. The number of thioether (sulfide) groups is 1. The largest absolute Gasteiger partial charge is 0.507 e. The first-order chi connectivity index (χ1) is 14.4. The van der Waals surface area contributed by atoms with Crippen LogP contribution in [0, 0.1) is 6.92 Å². The molecule has 4 rings (SSSR count). The quantitative estimate of drug-likeness (QED) is 0.553. The lowest BCUT2D eigenvalue weighted by atomic mass is 10.0. The fourth-order valence-electron chi connectivity index (χ4n) is 3.60. The van der Waals surface area contributed by atoms with Crippen molar-refractivity contribution in [3.8, 4) is 11.5 Å². The number of methoxy groups -OCH3 is 1. The number of nitrogens with zero attached hydrogens (tertiary/aromatic N) is 1. The van der Waals surface area contributed by atoms with Crippen molar-refractivity contribution in [2.75, 3.05) is 12.0 Å². The van der Waals surface area contributed by atoms with Gasteiger partial charge in [0.15, 0.2) is 0 Å². The summed E-state index contributed by atoms with van der Waals surface area (Å²) >= 11 is 1.48. The number of rotatable bonds is 4. The molecule has 0 saturated carbocycles. The Morgan fingerprint density at radius 3 is 2.30 bits per heavy atom. The third-order valence-electron chi connectivity index (χ3n) is 5.29. The molecule has 0 bridgehead atoms. The van der Waals surface area contributed by atoms with Crippen LogP contribution in [0.3, 0.4) is 0 Å². The normalized spacial score (nSPS) is 20.0. The Kier molecular flexibility index (Phi) is 5.31. The first-order valence-electron chi connectivity index (χ1n) is 9.67. The van der Waals surface area contributed by atoms with Gasteiger partial charge in [-0.25, -0.2) is 0 Å². The standard InChI is InChI=1S/C25H23NO3S/c1-17-8-12-20(13-9-17)26-24(28)23(16-18-6-4-5-7-22(18)27)30-25(26,2)19-10-14-21(29-3)15-11-19/h4-16,27H,1-3H3/b23-16-. The number of benzene rings is 3. The number of aromatic hydroxyl groups is 1. The summed E-state index contributed by atoms with van der Waals surface area (Å²) in [5.41, 5.74) is 3.57. The maximum absolute atomic E-state index is 13.5. The molecule has 1 aliphatic rings. The number of anilines is 1. The van der Waals surface area contributed by atoms with E-state index < -0.39 is 4.87 Å². The maximum atomic E-state index is 13.5. The molecule has 5 heteroatoms. The van der Waals surface area contributed by atoms with E-state index in [4.69, 9.17) is 4.74 Å². The summed E-state index contributed by atoms with van der Waals surface area (Å²) in [6.45, 7) is 4.07. The van der Waals surface area contributed by atoms with Gasteiger partial charge in [0.05, 0.1) is 12.0 Å². The smallest absolute Gasteiger partial charge is 0.266 e. The molecule has 1 aliphatic heterocycles. The van der Waals surface area contributed by atoms with Gasteiger partial charge < -0.3 is 9.84 Å². The Balaban J connectivity index is 1.83. The van der Waals surface area contributed by atoms with Crippen LogP contribution in [0.2, 0.25) is 0 Å². The monoisotopic (exact) mass is 417 g/mol. The lowest BCUT2D eigenvalue weighted by molar-refractivity contribution is -0.114. The van der Waals surface area contributed by atoms with Crippen LogP contribution in [0.1, 0.15) is 23.6 Å². The summed E-state index contributed by atoms with van der Waals surface area (Å²) in [7, 11) is 1.64. The summed E-state index contributed by atoms with van der Waals surface area (Å²) in [6, 6.07) is 22.8. The van der Waals surface area contributed by atoms with Gasteiger partial charge >= 0.3 is 0 Å². The van der Waals surface area contributed by atoms with Gasteiger partial charge in [0.25, 0.3) is 5.91 Å². The highest BCUT2D eigenvalue weighted by atomic mass is 32.2. The van der Waals surface area contributed by atoms with E-state index >= 15 is 0 Å². The minimum absolute atomic E-state index is 0.0922. The fraction of sp³-hybridized carbons (Fsp3) is 0.160. The number of hydrogen-bond acceptors (Lipinski definition) is 4. The third kappa shape index (κ3) is 3.57. The van der Waals surface area contributed by atoms with E-state index in [0.29, 0.717) is 10.5 Å². The van der Waals surface area contributed by atoms with Crippen molar-refractivity contribution in [1.82, 2.24) is 0 Å². The predicted molar refractivity (Wildman–Crippen MR) is 123 cm³/mol. The average molecular weight is 418 g/mol. The molecule has 1 saturated heterocycles. The molecule has 1 heterocycles. The number of carbonyl (C=O) groups is 1. The van der Waals surface area contributed by atoms with Crippen LogP contribution in [0.15, 0.2) is 77.7 Å². The predicted octanol–water partition coefficient (Wildman–Crippen LogP) is 5.70. The Bertz CT molecular complexity index is 1110. The van der Waals surface area contributed by atoms with E-state index in [9.17, 15) is 9.90 Å². The van der Waals surface area contributed by atoms with Crippen LogP contribution in [-0.2, 0) is 9.67 Å². The first-order valence-corrected chi connectivity index (χ1v) is 10.5. The first kappa shape index (κ1) is 20.1. The highest BCUT2D eigenvalue weighted by Gasteiger charge is 2.48. The number of carbonyl (C=O) groups excluding carboxylic acids is 1. The summed E-state index contributed by atoms with van der Waals surface area (Å²) in [6.07, 6.45) is 1.76. The van der Waals surface area contributed by atoms with Crippen LogP contribution in [0.25, 0.3) is 6.08 Å². The minimum atomic E-state index is -0.644. The van der Waals surface area contributed by atoms with E-state index in [0.717, 1.165) is 22.6 Å². The Morgan fingerprint density at radius 2 is 1.67 bits per heavy atom. The molecular weight excluding hydrogens is 394 g/mol. The molecule has 3 aromatic rings. The van der Waals surface area contributed by atoms with Crippen molar-refractivity contribution in [3.05, 3.63) is 94.4 Å². The summed E-state index contributed by atoms with van der Waals surface area (Å²) in [4.78, 5) is 15.3. The highest BCUT2D eigenvalue weighted by molar-refractivity contribution is 8.05. The van der Waals surface area contributed by atoms with Gasteiger partial charge in [0.2, 0.25) is 0 Å². The van der Waals surface area contributed by atoms with E-state index in [1.54, 1.807) is 31.4 Å². The average Bonchev–Trinajstić information content (AvgIpc) is 3.01. The topological polar surface area (TPSA) is 49.8 Å². The molecule has 3 aromatic carbocycles. The van der Waals surface area contributed by atoms with Gasteiger partial charge in [-0.15, -0.1) is 0 Å². The SMILES string of the molecule is COc1ccc(C2(C)S/C(=C\c3ccccc3O)C(=O)N2c2ccc(C)cc2)cc1. The van der Waals surface area contributed by atoms with E-state index in [1.807, 2.05) is 73.3 Å². The molecule has 30 heavy (non-hydrogen) atoms.